The van der Waals surface area contributed by atoms with Crippen LogP contribution in [0.1, 0.15) is 17.5 Å². The van der Waals surface area contributed by atoms with Crippen molar-refractivity contribution >= 4 is 23.0 Å². The van der Waals surface area contributed by atoms with Gasteiger partial charge in [-0.15, -0.1) is 11.3 Å². The highest BCUT2D eigenvalue weighted by Gasteiger charge is 2.11. The zero-order valence-electron chi connectivity index (χ0n) is 16.6. The number of hydrogen-bond acceptors (Lipinski definition) is 4. The molecule has 30 heavy (non-hydrogen) atoms. The lowest BCUT2D eigenvalue weighted by Crippen LogP contribution is -1.93. The molecule has 0 aliphatic heterocycles. The number of ether oxygens (including phenoxy) is 1. The van der Waals surface area contributed by atoms with E-state index < -0.39 is 0 Å². The molecule has 146 valence electrons. The van der Waals surface area contributed by atoms with E-state index in [-0.39, 0.29) is 0 Å². The number of rotatable bonds is 6. The predicted octanol–water partition coefficient (Wildman–Crippen LogP) is 6.94. The van der Waals surface area contributed by atoms with Crippen LogP contribution in [0.25, 0.3) is 34.0 Å². The number of hydrogen-bond donors (Lipinski definition) is 0. The van der Waals surface area contributed by atoms with Crippen molar-refractivity contribution in [2.24, 2.45) is 0 Å². The molecule has 0 unspecified atom stereocenters. The number of allylic oxidation sites excluding steroid dienone is 1. The first-order valence-electron chi connectivity index (χ1n) is 9.74. The van der Waals surface area contributed by atoms with E-state index in [2.05, 4.69) is 42.5 Å². The number of thiazole rings is 1. The van der Waals surface area contributed by atoms with E-state index in [4.69, 9.17) is 9.72 Å². The van der Waals surface area contributed by atoms with E-state index in [0.29, 0.717) is 17.2 Å². The molecule has 4 aromatic rings. The predicted molar refractivity (Wildman–Crippen MR) is 124 cm³/mol. The maximum atomic E-state index is 9.71. The molecule has 0 radical (unpaired) electrons. The molecule has 4 rings (SSSR count). The van der Waals surface area contributed by atoms with Crippen LogP contribution in [0, 0.1) is 11.3 Å². The summed E-state index contributed by atoms with van der Waals surface area (Å²) in [4.78, 5) is 4.71. The topological polar surface area (TPSA) is 45.9 Å². The molecule has 0 spiro atoms. The minimum Gasteiger partial charge on any atom is -0.493 e. The normalized spacial score (nSPS) is 11.1. The summed E-state index contributed by atoms with van der Waals surface area (Å²) >= 11 is 1.47. The van der Waals surface area contributed by atoms with Gasteiger partial charge in [0.15, 0.2) is 0 Å². The van der Waals surface area contributed by atoms with Crippen molar-refractivity contribution in [1.82, 2.24) is 4.98 Å². The van der Waals surface area contributed by atoms with E-state index in [1.165, 1.54) is 22.5 Å². The average molecular weight is 409 g/mol. The Morgan fingerprint density at radius 1 is 0.933 bits per heavy atom. The third-order valence-electron chi connectivity index (χ3n) is 4.66. The Bertz CT molecular complexity index is 1200. The van der Waals surface area contributed by atoms with Gasteiger partial charge in [-0.05, 0) is 30.2 Å². The highest BCUT2D eigenvalue weighted by molar-refractivity contribution is 7.11. The molecule has 3 nitrogen and oxygen atoms in total. The third-order valence-corrected chi connectivity index (χ3v) is 5.54. The lowest BCUT2D eigenvalue weighted by molar-refractivity contribution is 0.339. The molecule has 0 amide bonds. The van der Waals surface area contributed by atoms with Crippen molar-refractivity contribution in [2.45, 2.75) is 6.92 Å². The third kappa shape index (κ3) is 4.32. The molecular weight excluding hydrogens is 388 g/mol. The molecule has 0 N–H and O–H groups in total. The van der Waals surface area contributed by atoms with Gasteiger partial charge < -0.3 is 4.74 Å². The van der Waals surface area contributed by atoms with E-state index in [1.807, 2.05) is 60.8 Å². The minimum absolute atomic E-state index is 0.527. The van der Waals surface area contributed by atoms with Crippen molar-refractivity contribution in [3.8, 4) is 34.2 Å². The first kappa shape index (κ1) is 19.6. The fraction of sp³-hybridized carbons (Fsp3) is 0.0769. The lowest BCUT2D eigenvalue weighted by Gasteiger charge is -2.06. The van der Waals surface area contributed by atoms with Gasteiger partial charge >= 0.3 is 0 Å². The van der Waals surface area contributed by atoms with Crippen molar-refractivity contribution in [3.05, 3.63) is 94.8 Å². The van der Waals surface area contributed by atoms with Crippen LogP contribution in [-0.2, 0) is 0 Å². The smallest absolute Gasteiger partial charge is 0.134 e. The van der Waals surface area contributed by atoms with E-state index in [9.17, 15) is 5.26 Å². The Hall–Kier alpha value is -3.68. The Labute approximate surface area is 180 Å². The highest BCUT2D eigenvalue weighted by Crippen LogP contribution is 2.30. The monoisotopic (exact) mass is 408 g/mol. The van der Waals surface area contributed by atoms with Crippen molar-refractivity contribution < 1.29 is 4.74 Å². The van der Waals surface area contributed by atoms with Crippen LogP contribution in [0.4, 0.5) is 0 Å². The van der Waals surface area contributed by atoms with Crippen LogP contribution in [0.2, 0.25) is 0 Å². The molecule has 0 fully saturated rings. The van der Waals surface area contributed by atoms with Crippen LogP contribution in [0.15, 0.2) is 84.2 Å². The van der Waals surface area contributed by atoms with Gasteiger partial charge in [0.1, 0.15) is 16.8 Å². The zero-order chi connectivity index (χ0) is 20.8. The molecule has 0 saturated carbocycles. The number of nitrogens with zero attached hydrogens (tertiary/aromatic N) is 2. The molecule has 3 aromatic carbocycles. The Morgan fingerprint density at radius 3 is 2.33 bits per heavy atom. The van der Waals surface area contributed by atoms with Gasteiger partial charge in [-0.25, -0.2) is 4.98 Å². The summed E-state index contributed by atoms with van der Waals surface area (Å²) in [5.41, 5.74) is 5.66. The second-order valence-corrected chi connectivity index (χ2v) is 7.48. The van der Waals surface area contributed by atoms with Crippen LogP contribution in [0.5, 0.6) is 5.75 Å². The van der Waals surface area contributed by atoms with E-state index in [0.717, 1.165) is 22.6 Å². The molecule has 4 heteroatoms. The average Bonchev–Trinajstić information content (AvgIpc) is 3.29. The van der Waals surface area contributed by atoms with Gasteiger partial charge in [0, 0.05) is 16.5 Å². The van der Waals surface area contributed by atoms with Crippen molar-refractivity contribution in [1.29, 1.82) is 5.26 Å². The van der Waals surface area contributed by atoms with Gasteiger partial charge in [-0.3, -0.25) is 0 Å². The zero-order valence-corrected chi connectivity index (χ0v) is 17.4. The molecule has 0 bridgehead atoms. The van der Waals surface area contributed by atoms with Crippen LogP contribution in [-0.4, -0.2) is 11.6 Å². The number of benzene rings is 3. The molecular formula is C26H20N2OS. The van der Waals surface area contributed by atoms with Gasteiger partial charge in [0.05, 0.1) is 17.9 Å². The van der Waals surface area contributed by atoms with E-state index >= 15 is 0 Å². The van der Waals surface area contributed by atoms with Crippen LogP contribution in [0.3, 0.4) is 0 Å². The van der Waals surface area contributed by atoms with E-state index in [1.54, 1.807) is 0 Å². The standard InChI is InChI=1S/C26H20N2OS/c1-2-29-25-11-7-6-10-22(25)16-23(17-27)26-28-24(18-30-26)21-14-12-20(13-15-21)19-8-4-3-5-9-19/h3-16,18H,2H2,1H3/b23-16+. The first-order valence-corrected chi connectivity index (χ1v) is 10.6. The quantitative estimate of drug-likeness (QED) is 0.325. The summed E-state index contributed by atoms with van der Waals surface area (Å²) in [6.07, 6.45) is 1.84. The largest absolute Gasteiger partial charge is 0.493 e. The lowest BCUT2D eigenvalue weighted by atomic mass is 10.0. The van der Waals surface area contributed by atoms with Gasteiger partial charge in [-0.2, -0.15) is 5.26 Å². The fourth-order valence-corrected chi connectivity index (χ4v) is 3.97. The summed E-state index contributed by atoms with van der Waals surface area (Å²) in [5, 5.41) is 12.4. The number of nitriles is 1. The minimum atomic E-state index is 0.527. The van der Waals surface area contributed by atoms with Crippen LogP contribution < -0.4 is 4.74 Å². The van der Waals surface area contributed by atoms with Crippen molar-refractivity contribution in [3.63, 3.8) is 0 Å². The molecule has 0 atom stereocenters. The van der Waals surface area contributed by atoms with Gasteiger partial charge in [-0.1, -0.05) is 72.8 Å². The Kier molecular flexibility index (Phi) is 6.03. The second-order valence-electron chi connectivity index (χ2n) is 6.62. The Morgan fingerprint density at radius 2 is 1.60 bits per heavy atom. The van der Waals surface area contributed by atoms with Crippen molar-refractivity contribution in [2.75, 3.05) is 6.61 Å². The van der Waals surface area contributed by atoms with Gasteiger partial charge in [0.2, 0.25) is 0 Å². The molecule has 0 aliphatic rings. The molecule has 1 heterocycles. The Balaban J connectivity index is 1.61. The fourth-order valence-electron chi connectivity index (χ4n) is 3.18. The first-order chi connectivity index (χ1) is 14.8. The van der Waals surface area contributed by atoms with Crippen LogP contribution >= 0.6 is 11.3 Å². The molecule has 1 aromatic heterocycles. The molecule has 0 saturated heterocycles. The number of aromatic nitrogens is 1. The molecule has 0 aliphatic carbocycles. The maximum Gasteiger partial charge on any atom is 0.134 e. The SMILES string of the molecule is CCOc1ccccc1/C=C(\C#N)c1nc(-c2ccc(-c3ccccc3)cc2)cs1. The van der Waals surface area contributed by atoms with Gasteiger partial charge in [0.25, 0.3) is 0 Å². The summed E-state index contributed by atoms with van der Waals surface area (Å²) in [6, 6.07) is 28.6. The number of para-hydroxylation sites is 1. The summed E-state index contributed by atoms with van der Waals surface area (Å²) in [7, 11) is 0. The second kappa shape index (κ2) is 9.21. The highest BCUT2D eigenvalue weighted by atomic mass is 32.1. The summed E-state index contributed by atoms with van der Waals surface area (Å²) in [5.74, 6) is 0.765. The summed E-state index contributed by atoms with van der Waals surface area (Å²) < 4.78 is 5.67. The summed E-state index contributed by atoms with van der Waals surface area (Å²) in [6.45, 7) is 2.52. The maximum absolute atomic E-state index is 9.71.